The van der Waals surface area contributed by atoms with Crippen LogP contribution in [0.2, 0.25) is 0 Å². The van der Waals surface area contributed by atoms with Crippen LogP contribution >= 0.6 is 0 Å². The molecule has 1 saturated heterocycles. The van der Waals surface area contributed by atoms with Crippen molar-refractivity contribution in [2.45, 2.75) is 18.9 Å². The van der Waals surface area contributed by atoms with Gasteiger partial charge in [0.15, 0.2) is 0 Å². The fraction of sp³-hybridized carbons (Fsp3) is 0.286. The number of rotatable bonds is 5. The lowest BCUT2D eigenvalue weighted by atomic mass is 10.1. The molecule has 0 atom stereocenters. The average Bonchev–Trinajstić information content (AvgIpc) is 3.29. The fourth-order valence-corrected chi connectivity index (χ4v) is 3.66. The first-order valence-electron chi connectivity index (χ1n) is 9.84. The number of hydrogen-bond donors (Lipinski definition) is 0. The summed E-state index contributed by atoms with van der Waals surface area (Å²) in [6, 6.07) is 12.2. The zero-order valence-corrected chi connectivity index (χ0v) is 16.5. The van der Waals surface area contributed by atoms with E-state index in [0.717, 1.165) is 54.3 Å². The number of ether oxygens (including phenoxy) is 2. The van der Waals surface area contributed by atoms with E-state index in [2.05, 4.69) is 36.2 Å². The molecule has 0 aliphatic carbocycles. The van der Waals surface area contributed by atoms with Crippen LogP contribution in [0.5, 0.6) is 11.8 Å². The van der Waals surface area contributed by atoms with Gasteiger partial charge < -0.3 is 14.4 Å². The molecule has 9 heteroatoms. The first kappa shape index (κ1) is 18.3. The van der Waals surface area contributed by atoms with Crippen molar-refractivity contribution in [1.82, 2.24) is 29.8 Å². The smallest absolute Gasteiger partial charge is 0.316 e. The highest BCUT2D eigenvalue weighted by molar-refractivity contribution is 5.74. The van der Waals surface area contributed by atoms with Crippen molar-refractivity contribution < 1.29 is 9.47 Å². The highest BCUT2D eigenvalue weighted by atomic mass is 16.5. The van der Waals surface area contributed by atoms with Crippen molar-refractivity contribution in [3.8, 4) is 23.0 Å². The summed E-state index contributed by atoms with van der Waals surface area (Å²) in [6.07, 6.45) is 6.86. The van der Waals surface area contributed by atoms with Crippen LogP contribution in [-0.2, 0) is 0 Å². The largest absolute Gasteiger partial charge is 0.497 e. The maximum absolute atomic E-state index is 5.92. The van der Waals surface area contributed by atoms with E-state index >= 15 is 0 Å². The van der Waals surface area contributed by atoms with Crippen LogP contribution in [0.4, 0.5) is 5.69 Å². The minimum Gasteiger partial charge on any atom is -0.497 e. The van der Waals surface area contributed by atoms with Gasteiger partial charge in [0.2, 0.25) is 5.65 Å². The van der Waals surface area contributed by atoms with Crippen molar-refractivity contribution in [2.75, 3.05) is 25.1 Å². The van der Waals surface area contributed by atoms with E-state index in [9.17, 15) is 0 Å². The van der Waals surface area contributed by atoms with Crippen LogP contribution in [0, 0.1) is 0 Å². The second kappa shape index (κ2) is 7.94. The van der Waals surface area contributed by atoms with Gasteiger partial charge in [0.1, 0.15) is 18.2 Å². The maximum Gasteiger partial charge on any atom is 0.316 e. The molecule has 0 saturated carbocycles. The van der Waals surface area contributed by atoms with E-state index in [1.165, 1.54) is 0 Å². The first-order valence-corrected chi connectivity index (χ1v) is 9.84. The summed E-state index contributed by atoms with van der Waals surface area (Å²) >= 11 is 0. The Hall–Kier alpha value is -3.75. The lowest BCUT2D eigenvalue weighted by Crippen LogP contribution is -2.38. The zero-order chi connectivity index (χ0) is 20.3. The van der Waals surface area contributed by atoms with E-state index in [1.54, 1.807) is 36.4 Å². The van der Waals surface area contributed by atoms with Crippen LogP contribution in [0.25, 0.3) is 16.9 Å². The molecule has 0 N–H and O–H groups in total. The van der Waals surface area contributed by atoms with Gasteiger partial charge in [-0.05, 0) is 36.4 Å². The van der Waals surface area contributed by atoms with E-state index in [-0.39, 0.29) is 6.10 Å². The van der Waals surface area contributed by atoms with Crippen LogP contribution < -0.4 is 14.4 Å². The molecule has 9 nitrogen and oxygen atoms in total. The summed E-state index contributed by atoms with van der Waals surface area (Å²) in [6.45, 7) is 1.68. The monoisotopic (exact) mass is 403 g/mol. The predicted octanol–water partition coefficient (Wildman–Crippen LogP) is 2.64. The molecule has 1 fully saturated rings. The van der Waals surface area contributed by atoms with Gasteiger partial charge >= 0.3 is 6.01 Å². The summed E-state index contributed by atoms with van der Waals surface area (Å²) in [5.41, 5.74) is 3.63. The molecular formula is C21H21N7O2. The maximum atomic E-state index is 5.92. The van der Waals surface area contributed by atoms with Crippen molar-refractivity contribution >= 4 is 11.3 Å². The van der Waals surface area contributed by atoms with E-state index < -0.39 is 0 Å². The van der Waals surface area contributed by atoms with E-state index in [4.69, 9.17) is 9.47 Å². The normalized spacial score (nSPS) is 14.8. The van der Waals surface area contributed by atoms with Gasteiger partial charge in [-0.2, -0.15) is 9.61 Å². The Morgan fingerprint density at radius 1 is 1.03 bits per heavy atom. The van der Waals surface area contributed by atoms with Gasteiger partial charge in [-0.25, -0.2) is 9.97 Å². The second-order valence-corrected chi connectivity index (χ2v) is 7.08. The van der Waals surface area contributed by atoms with Crippen molar-refractivity contribution in [3.63, 3.8) is 0 Å². The Kier molecular flexibility index (Phi) is 4.84. The van der Waals surface area contributed by atoms with Crippen LogP contribution in [-0.4, -0.2) is 56.1 Å². The average molecular weight is 403 g/mol. The minimum atomic E-state index is 0.0976. The van der Waals surface area contributed by atoms with Gasteiger partial charge in [0.05, 0.1) is 18.5 Å². The molecule has 0 unspecified atom stereocenters. The molecule has 0 radical (unpaired) electrons. The number of methoxy groups -OCH3 is 1. The van der Waals surface area contributed by atoms with Crippen molar-refractivity contribution in [1.29, 1.82) is 0 Å². The summed E-state index contributed by atoms with van der Waals surface area (Å²) in [7, 11) is 1.66. The number of fused-ring (bicyclic) bond motifs is 1. The lowest BCUT2D eigenvalue weighted by molar-refractivity contribution is 0.156. The summed E-state index contributed by atoms with van der Waals surface area (Å²) in [5, 5.41) is 13.0. The Bertz CT molecular complexity index is 1120. The van der Waals surface area contributed by atoms with Crippen molar-refractivity contribution in [3.05, 3.63) is 55.1 Å². The lowest BCUT2D eigenvalue weighted by Gasteiger charge is -2.33. The molecule has 3 aromatic heterocycles. The molecule has 30 heavy (non-hydrogen) atoms. The minimum absolute atomic E-state index is 0.0976. The number of aromatic nitrogens is 6. The fourth-order valence-electron chi connectivity index (χ4n) is 3.66. The summed E-state index contributed by atoms with van der Waals surface area (Å²) < 4.78 is 12.9. The van der Waals surface area contributed by atoms with Gasteiger partial charge in [0.25, 0.3) is 0 Å². The standard InChI is InChI=1S/C21H21N7O2/c1-29-16-5-3-15(4-6-16)18-13-19(20-25-24-14-28(20)26-18)27-11-7-17(8-12-27)30-21-22-9-2-10-23-21/h2-6,9-10,13-14,17H,7-8,11-12H2,1H3. The number of benzene rings is 1. The molecule has 4 heterocycles. The first-order chi connectivity index (χ1) is 14.8. The zero-order valence-electron chi connectivity index (χ0n) is 16.5. The van der Waals surface area contributed by atoms with Crippen LogP contribution in [0.15, 0.2) is 55.1 Å². The highest BCUT2D eigenvalue weighted by Crippen LogP contribution is 2.29. The Morgan fingerprint density at radius 2 is 1.80 bits per heavy atom. The Morgan fingerprint density at radius 3 is 2.53 bits per heavy atom. The highest BCUT2D eigenvalue weighted by Gasteiger charge is 2.24. The van der Waals surface area contributed by atoms with Gasteiger partial charge in [0, 0.05) is 43.9 Å². The molecular weight excluding hydrogens is 382 g/mol. The third kappa shape index (κ3) is 3.61. The third-order valence-corrected chi connectivity index (χ3v) is 5.23. The summed E-state index contributed by atoms with van der Waals surface area (Å²) in [5.74, 6) is 0.814. The van der Waals surface area contributed by atoms with Gasteiger partial charge in [-0.3, -0.25) is 0 Å². The molecule has 5 rings (SSSR count). The summed E-state index contributed by atoms with van der Waals surface area (Å²) in [4.78, 5) is 10.6. The second-order valence-electron chi connectivity index (χ2n) is 7.08. The quantitative estimate of drug-likeness (QED) is 0.502. The molecule has 0 bridgehead atoms. The van der Waals surface area contributed by atoms with Gasteiger partial charge in [-0.1, -0.05) is 0 Å². The third-order valence-electron chi connectivity index (χ3n) is 5.23. The van der Waals surface area contributed by atoms with E-state index in [1.807, 2.05) is 24.3 Å². The molecule has 1 aliphatic rings. The van der Waals surface area contributed by atoms with Crippen LogP contribution in [0.3, 0.4) is 0 Å². The number of hydrogen-bond acceptors (Lipinski definition) is 8. The van der Waals surface area contributed by atoms with E-state index in [0.29, 0.717) is 6.01 Å². The predicted molar refractivity (Wildman–Crippen MR) is 111 cm³/mol. The number of anilines is 1. The van der Waals surface area contributed by atoms with Crippen LogP contribution in [0.1, 0.15) is 12.8 Å². The number of nitrogens with zero attached hydrogens (tertiary/aromatic N) is 7. The Labute approximate surface area is 173 Å². The molecule has 152 valence electrons. The van der Waals surface area contributed by atoms with Gasteiger partial charge in [-0.15, -0.1) is 10.2 Å². The molecule has 0 amide bonds. The molecule has 1 aromatic carbocycles. The topological polar surface area (TPSA) is 90.6 Å². The Balaban J connectivity index is 1.38. The number of piperidine rings is 1. The van der Waals surface area contributed by atoms with Crippen molar-refractivity contribution in [2.24, 2.45) is 0 Å². The molecule has 1 aliphatic heterocycles. The SMILES string of the molecule is COc1ccc(-c2cc(N3CCC(Oc4ncccn4)CC3)c3nncn3n2)cc1. The molecule has 4 aromatic rings. The molecule has 0 spiro atoms.